The summed E-state index contributed by atoms with van der Waals surface area (Å²) in [6.45, 7) is 3.25. The van der Waals surface area contributed by atoms with Gasteiger partial charge < -0.3 is 39.4 Å². The zero-order valence-electron chi connectivity index (χ0n) is 35.6. The molecule has 4 N–H and O–H groups in total. The van der Waals surface area contributed by atoms with E-state index in [-0.39, 0.29) is 26.1 Å². The summed E-state index contributed by atoms with van der Waals surface area (Å²) in [4.78, 5) is 25.3. The third-order valence-electron chi connectivity index (χ3n) is 9.89. The molecule has 0 aromatic rings. The number of aliphatic hydroxyl groups is 4. The molecule has 6 atom stereocenters. The Hall–Kier alpha value is -2.60. The highest BCUT2D eigenvalue weighted by Crippen LogP contribution is 2.22. The molecule has 1 aliphatic rings. The Morgan fingerprint density at radius 2 is 1.04 bits per heavy atom. The van der Waals surface area contributed by atoms with Crippen molar-refractivity contribution >= 4 is 11.9 Å². The molecule has 0 saturated carbocycles. The average molecular weight is 805 g/mol. The number of ether oxygens (including phenoxy) is 4. The summed E-state index contributed by atoms with van der Waals surface area (Å²) in [6, 6.07) is 0. The van der Waals surface area contributed by atoms with Crippen LogP contribution in [0.15, 0.2) is 60.8 Å². The predicted molar refractivity (Wildman–Crippen MR) is 228 cm³/mol. The third kappa shape index (κ3) is 29.3. The average Bonchev–Trinajstić information content (AvgIpc) is 3.21. The molecule has 1 fully saturated rings. The Bertz CT molecular complexity index is 1110. The molecule has 57 heavy (non-hydrogen) atoms. The molecule has 10 nitrogen and oxygen atoms in total. The van der Waals surface area contributed by atoms with Gasteiger partial charge in [0.1, 0.15) is 31.0 Å². The lowest BCUT2D eigenvalue weighted by Gasteiger charge is -2.39. The van der Waals surface area contributed by atoms with Crippen LogP contribution >= 0.6 is 0 Å². The second kappa shape index (κ2) is 37.7. The van der Waals surface area contributed by atoms with Crippen LogP contribution in [0.4, 0.5) is 0 Å². The van der Waals surface area contributed by atoms with Gasteiger partial charge in [0.25, 0.3) is 0 Å². The fourth-order valence-corrected chi connectivity index (χ4v) is 6.35. The number of carbonyl (C=O) groups is 2. The summed E-state index contributed by atoms with van der Waals surface area (Å²) in [5.74, 6) is -0.839. The van der Waals surface area contributed by atoms with Crippen LogP contribution in [0.25, 0.3) is 0 Å². The molecule has 0 aliphatic carbocycles. The molecular formula is C47H80O10. The van der Waals surface area contributed by atoms with Gasteiger partial charge in [-0.1, -0.05) is 139 Å². The van der Waals surface area contributed by atoms with E-state index in [9.17, 15) is 30.0 Å². The first-order valence-corrected chi connectivity index (χ1v) is 22.4. The van der Waals surface area contributed by atoms with Crippen LogP contribution in [-0.4, -0.2) is 89.0 Å². The van der Waals surface area contributed by atoms with Crippen molar-refractivity contribution in [3.8, 4) is 0 Å². The summed E-state index contributed by atoms with van der Waals surface area (Å²) in [5.41, 5.74) is 0. The first-order valence-electron chi connectivity index (χ1n) is 22.4. The first kappa shape index (κ1) is 52.4. The van der Waals surface area contributed by atoms with E-state index in [1.165, 1.54) is 44.9 Å². The molecule has 0 aromatic carbocycles. The summed E-state index contributed by atoms with van der Waals surface area (Å²) >= 11 is 0. The maximum atomic E-state index is 12.8. The van der Waals surface area contributed by atoms with Gasteiger partial charge in [0.2, 0.25) is 0 Å². The van der Waals surface area contributed by atoms with Gasteiger partial charge in [0.05, 0.1) is 13.2 Å². The standard InChI is InChI=1S/C47H80O10/c1-3-5-7-9-11-13-15-17-19-20-22-23-25-27-29-31-33-35-42(49)54-38-40(39-55-47-46(53)45(52)44(51)41(37-48)57-47)56-43(50)36-34-32-30-28-26-24-21-18-16-14-12-10-8-6-4-2/h6,8,11-14,17-19,21,40-41,44-48,51-53H,3-5,7,9-10,15-16,20,22-39H2,1-2H3/b8-6-,13-11-,14-12-,19-17-,21-18-/t40-,41-,44+,45+,46-,47-/m1/s1. The van der Waals surface area contributed by atoms with Crippen LogP contribution in [0.5, 0.6) is 0 Å². The normalized spacial score (nSPS) is 20.8. The SMILES string of the molecule is CC/C=C\C/C=C\C/C=C\CCCCCCCC(=O)O[C@H](COC(=O)CCCCCCCCC/C=C\C/C=C\CCCCC)CO[C@@H]1O[C@H](CO)[C@H](O)[C@H](O)[C@H]1O. The number of hydrogen-bond acceptors (Lipinski definition) is 10. The van der Waals surface area contributed by atoms with Crippen molar-refractivity contribution in [1.29, 1.82) is 0 Å². The highest BCUT2D eigenvalue weighted by Gasteiger charge is 2.44. The summed E-state index contributed by atoms with van der Waals surface area (Å²) in [7, 11) is 0. The molecule has 0 spiro atoms. The van der Waals surface area contributed by atoms with Crippen LogP contribution in [-0.2, 0) is 28.5 Å². The molecule has 10 heteroatoms. The molecule has 1 rings (SSSR count). The molecular weight excluding hydrogens is 725 g/mol. The fraction of sp³-hybridized carbons (Fsp3) is 0.745. The predicted octanol–water partition coefficient (Wildman–Crippen LogP) is 9.44. The lowest BCUT2D eigenvalue weighted by atomic mass is 9.99. The van der Waals surface area contributed by atoms with Crippen molar-refractivity contribution < 1.29 is 49.0 Å². The maximum Gasteiger partial charge on any atom is 0.306 e. The number of allylic oxidation sites excluding steroid dienone is 10. The van der Waals surface area contributed by atoms with Crippen LogP contribution in [0.2, 0.25) is 0 Å². The minimum Gasteiger partial charge on any atom is -0.462 e. The van der Waals surface area contributed by atoms with Gasteiger partial charge in [-0.25, -0.2) is 0 Å². The Labute approximate surface area is 345 Å². The van der Waals surface area contributed by atoms with Crippen molar-refractivity contribution in [1.82, 2.24) is 0 Å². The highest BCUT2D eigenvalue weighted by atomic mass is 16.7. The maximum absolute atomic E-state index is 12.8. The van der Waals surface area contributed by atoms with E-state index in [4.69, 9.17) is 18.9 Å². The fourth-order valence-electron chi connectivity index (χ4n) is 6.35. The topological polar surface area (TPSA) is 152 Å². The van der Waals surface area contributed by atoms with Gasteiger partial charge in [-0.2, -0.15) is 0 Å². The first-order chi connectivity index (χ1) is 27.8. The van der Waals surface area contributed by atoms with Gasteiger partial charge in [-0.05, 0) is 77.0 Å². The lowest BCUT2D eigenvalue weighted by molar-refractivity contribution is -0.305. The zero-order chi connectivity index (χ0) is 41.6. The molecule has 0 amide bonds. The minimum absolute atomic E-state index is 0.206. The van der Waals surface area contributed by atoms with Crippen LogP contribution < -0.4 is 0 Å². The van der Waals surface area contributed by atoms with Crippen molar-refractivity contribution in [3.05, 3.63) is 60.8 Å². The summed E-state index contributed by atoms with van der Waals surface area (Å²) in [5, 5.41) is 40.1. The smallest absolute Gasteiger partial charge is 0.306 e. The van der Waals surface area contributed by atoms with Gasteiger partial charge in [-0.3, -0.25) is 9.59 Å². The zero-order valence-corrected chi connectivity index (χ0v) is 35.6. The highest BCUT2D eigenvalue weighted by molar-refractivity contribution is 5.70. The second-order valence-corrected chi connectivity index (χ2v) is 15.1. The lowest BCUT2D eigenvalue weighted by Crippen LogP contribution is -2.59. The van der Waals surface area contributed by atoms with Gasteiger partial charge in [-0.15, -0.1) is 0 Å². The summed E-state index contributed by atoms with van der Waals surface area (Å²) < 4.78 is 22.1. The van der Waals surface area contributed by atoms with Crippen LogP contribution in [0.1, 0.15) is 168 Å². The van der Waals surface area contributed by atoms with Crippen molar-refractivity contribution in [3.63, 3.8) is 0 Å². The summed E-state index contributed by atoms with van der Waals surface area (Å²) in [6.07, 6.45) is 37.9. The largest absolute Gasteiger partial charge is 0.462 e. The number of aliphatic hydroxyl groups excluding tert-OH is 4. The molecule has 1 saturated heterocycles. The van der Waals surface area contributed by atoms with E-state index in [0.29, 0.717) is 12.8 Å². The molecule has 1 heterocycles. The van der Waals surface area contributed by atoms with Gasteiger partial charge >= 0.3 is 11.9 Å². The Balaban J connectivity index is 2.35. The molecule has 0 bridgehead atoms. The Kier molecular flexibility index (Phi) is 34.6. The number of unbranched alkanes of at least 4 members (excludes halogenated alkanes) is 15. The van der Waals surface area contributed by atoms with Gasteiger partial charge in [0.15, 0.2) is 12.4 Å². The molecule has 1 aliphatic heterocycles. The van der Waals surface area contributed by atoms with E-state index >= 15 is 0 Å². The van der Waals surface area contributed by atoms with E-state index in [1.54, 1.807) is 0 Å². The Morgan fingerprint density at radius 3 is 1.56 bits per heavy atom. The number of rotatable bonds is 36. The molecule has 0 unspecified atom stereocenters. The number of hydrogen-bond donors (Lipinski definition) is 4. The van der Waals surface area contributed by atoms with E-state index < -0.39 is 55.4 Å². The van der Waals surface area contributed by atoms with Crippen molar-refractivity contribution in [2.45, 2.75) is 205 Å². The van der Waals surface area contributed by atoms with E-state index in [0.717, 1.165) is 83.5 Å². The third-order valence-corrected chi connectivity index (χ3v) is 9.89. The number of carbonyl (C=O) groups excluding carboxylic acids is 2. The van der Waals surface area contributed by atoms with Crippen molar-refractivity contribution in [2.24, 2.45) is 0 Å². The monoisotopic (exact) mass is 805 g/mol. The molecule has 0 aromatic heterocycles. The molecule has 328 valence electrons. The Morgan fingerprint density at radius 1 is 0.561 bits per heavy atom. The molecule has 0 radical (unpaired) electrons. The minimum atomic E-state index is -1.60. The van der Waals surface area contributed by atoms with Gasteiger partial charge in [0, 0.05) is 12.8 Å². The number of esters is 2. The van der Waals surface area contributed by atoms with Crippen LogP contribution in [0, 0.1) is 0 Å². The van der Waals surface area contributed by atoms with E-state index in [2.05, 4.69) is 74.6 Å². The van der Waals surface area contributed by atoms with Crippen molar-refractivity contribution in [2.75, 3.05) is 19.8 Å². The van der Waals surface area contributed by atoms with E-state index in [1.807, 2.05) is 0 Å². The second-order valence-electron chi connectivity index (χ2n) is 15.1. The quantitative estimate of drug-likeness (QED) is 0.0274. The van der Waals surface area contributed by atoms with Crippen LogP contribution in [0.3, 0.4) is 0 Å².